The van der Waals surface area contributed by atoms with E-state index in [4.69, 9.17) is 23.2 Å². The van der Waals surface area contributed by atoms with E-state index in [0.717, 1.165) is 11.5 Å². The van der Waals surface area contributed by atoms with Gasteiger partial charge in [0, 0.05) is 5.69 Å². The van der Waals surface area contributed by atoms with Crippen LogP contribution in [0, 0.1) is 20.8 Å². The highest BCUT2D eigenvalue weighted by atomic mass is 35.5. The van der Waals surface area contributed by atoms with Crippen LogP contribution in [0.4, 0.5) is 5.69 Å². The van der Waals surface area contributed by atoms with Gasteiger partial charge in [-0.05, 0) is 56.2 Å². The van der Waals surface area contributed by atoms with Crippen molar-refractivity contribution in [3.8, 4) is 5.69 Å². The Morgan fingerprint density at radius 3 is 2.63 bits per heavy atom. The lowest BCUT2D eigenvalue weighted by atomic mass is 10.1. The molecule has 0 radical (unpaired) electrons. The summed E-state index contributed by atoms with van der Waals surface area (Å²) in [5.74, 6) is 0.738. The highest BCUT2D eigenvalue weighted by Crippen LogP contribution is 2.30. The fourth-order valence-electron chi connectivity index (χ4n) is 2.52. The van der Waals surface area contributed by atoms with Gasteiger partial charge in [-0.3, -0.25) is 9.36 Å². The maximum absolute atomic E-state index is 12.3. The molecule has 3 rings (SSSR count). The molecule has 1 N–H and O–H groups in total. The zero-order valence-electron chi connectivity index (χ0n) is 15.1. The second-order valence-electron chi connectivity index (χ2n) is 6.07. The van der Waals surface area contributed by atoms with E-state index in [2.05, 4.69) is 41.5 Å². The zero-order chi connectivity index (χ0) is 19.6. The zero-order valence-corrected chi connectivity index (χ0v) is 17.4. The number of thioether (sulfide) groups is 1. The van der Waals surface area contributed by atoms with Crippen LogP contribution in [0.1, 0.15) is 17.0 Å². The average Bonchev–Trinajstić information content (AvgIpc) is 3.00. The maximum Gasteiger partial charge on any atom is 0.234 e. The van der Waals surface area contributed by atoms with Gasteiger partial charge < -0.3 is 5.32 Å². The molecule has 3 aromatic rings. The second-order valence-corrected chi connectivity index (χ2v) is 7.80. The van der Waals surface area contributed by atoms with Gasteiger partial charge in [-0.25, -0.2) is 0 Å². The number of hydrogen-bond acceptors (Lipinski definition) is 4. The first-order valence-corrected chi connectivity index (χ1v) is 9.97. The number of amides is 1. The van der Waals surface area contributed by atoms with Crippen molar-refractivity contribution in [2.24, 2.45) is 0 Å². The van der Waals surface area contributed by atoms with E-state index < -0.39 is 0 Å². The number of benzene rings is 2. The summed E-state index contributed by atoms with van der Waals surface area (Å²) in [6, 6.07) is 11.3. The van der Waals surface area contributed by atoms with Gasteiger partial charge in [0.05, 0.1) is 21.5 Å². The monoisotopic (exact) mass is 420 g/mol. The first-order valence-electron chi connectivity index (χ1n) is 8.23. The van der Waals surface area contributed by atoms with Gasteiger partial charge in [-0.2, -0.15) is 0 Å². The lowest BCUT2D eigenvalue weighted by Crippen LogP contribution is -2.15. The topological polar surface area (TPSA) is 59.8 Å². The van der Waals surface area contributed by atoms with E-state index >= 15 is 0 Å². The first-order chi connectivity index (χ1) is 12.9. The summed E-state index contributed by atoms with van der Waals surface area (Å²) in [6.45, 7) is 6.02. The number of anilines is 1. The third-order valence-corrected chi connectivity index (χ3v) is 5.85. The van der Waals surface area contributed by atoms with E-state index in [9.17, 15) is 4.79 Å². The molecule has 0 aliphatic carbocycles. The Balaban J connectivity index is 1.74. The minimum Gasteiger partial charge on any atom is -0.324 e. The molecular weight excluding hydrogens is 403 g/mol. The molecule has 0 aliphatic heterocycles. The fraction of sp³-hybridized carbons (Fsp3) is 0.211. The minimum atomic E-state index is -0.198. The molecule has 27 heavy (non-hydrogen) atoms. The van der Waals surface area contributed by atoms with Crippen LogP contribution in [0.15, 0.2) is 41.6 Å². The molecule has 140 valence electrons. The standard InChI is InChI=1S/C19H18Cl2N4OS/c1-11-7-8-14(9-12(11)2)25-13(3)23-24-19(25)27-10-17(26)22-16-6-4-5-15(20)18(16)21/h4-9H,10H2,1-3H3,(H,22,26). The van der Waals surface area contributed by atoms with Gasteiger partial charge in [0.15, 0.2) is 5.16 Å². The normalized spacial score (nSPS) is 10.9. The lowest BCUT2D eigenvalue weighted by molar-refractivity contribution is -0.113. The van der Waals surface area contributed by atoms with Crippen LogP contribution < -0.4 is 5.32 Å². The largest absolute Gasteiger partial charge is 0.324 e. The van der Waals surface area contributed by atoms with Crippen molar-refractivity contribution >= 4 is 46.6 Å². The molecule has 5 nitrogen and oxygen atoms in total. The van der Waals surface area contributed by atoms with E-state index in [1.807, 2.05) is 17.6 Å². The van der Waals surface area contributed by atoms with Crippen molar-refractivity contribution in [2.75, 3.05) is 11.1 Å². The molecule has 0 bridgehead atoms. The molecule has 0 spiro atoms. The summed E-state index contributed by atoms with van der Waals surface area (Å²) >= 11 is 13.4. The predicted molar refractivity (Wildman–Crippen MR) is 111 cm³/mol. The Morgan fingerprint density at radius 1 is 1.11 bits per heavy atom. The number of nitrogens with zero attached hydrogens (tertiary/aromatic N) is 3. The lowest BCUT2D eigenvalue weighted by Gasteiger charge is -2.11. The van der Waals surface area contributed by atoms with Crippen molar-refractivity contribution in [1.82, 2.24) is 14.8 Å². The number of carbonyl (C=O) groups excluding carboxylic acids is 1. The van der Waals surface area contributed by atoms with Crippen molar-refractivity contribution in [3.05, 3.63) is 63.4 Å². The molecule has 1 aromatic heterocycles. The predicted octanol–water partition coefficient (Wildman–Crippen LogP) is 5.23. The molecule has 0 unspecified atom stereocenters. The van der Waals surface area contributed by atoms with Crippen molar-refractivity contribution in [2.45, 2.75) is 25.9 Å². The van der Waals surface area contributed by atoms with Crippen molar-refractivity contribution in [3.63, 3.8) is 0 Å². The average molecular weight is 421 g/mol. The van der Waals surface area contributed by atoms with Crippen LogP contribution in [0.25, 0.3) is 5.69 Å². The molecular formula is C19H18Cl2N4OS. The number of rotatable bonds is 5. The Labute approximate surface area is 172 Å². The molecule has 2 aromatic carbocycles. The smallest absolute Gasteiger partial charge is 0.234 e. The number of hydrogen-bond donors (Lipinski definition) is 1. The maximum atomic E-state index is 12.3. The molecule has 1 amide bonds. The number of carbonyl (C=O) groups is 1. The Bertz CT molecular complexity index is 1000. The highest BCUT2D eigenvalue weighted by Gasteiger charge is 2.15. The Hall–Kier alpha value is -2.02. The van der Waals surface area contributed by atoms with Crippen molar-refractivity contribution in [1.29, 1.82) is 0 Å². The third kappa shape index (κ3) is 4.46. The van der Waals surface area contributed by atoms with Crippen LogP contribution in [0.3, 0.4) is 0 Å². The van der Waals surface area contributed by atoms with E-state index in [0.29, 0.717) is 20.9 Å². The summed E-state index contributed by atoms with van der Waals surface area (Å²) in [5.41, 5.74) is 3.87. The number of nitrogens with one attached hydrogen (secondary N) is 1. The minimum absolute atomic E-state index is 0.172. The van der Waals surface area contributed by atoms with Crippen LogP contribution in [-0.4, -0.2) is 26.4 Å². The molecule has 0 atom stereocenters. The number of halogens is 2. The van der Waals surface area contributed by atoms with Crippen LogP contribution in [0.5, 0.6) is 0 Å². The fourth-order valence-corrected chi connectivity index (χ4v) is 3.66. The van der Waals surface area contributed by atoms with Gasteiger partial charge in [0.2, 0.25) is 5.91 Å². The summed E-state index contributed by atoms with van der Waals surface area (Å²) < 4.78 is 1.94. The van der Waals surface area contributed by atoms with Gasteiger partial charge in [0.25, 0.3) is 0 Å². The summed E-state index contributed by atoms with van der Waals surface area (Å²) in [5, 5.41) is 12.5. The number of aromatic nitrogens is 3. The van der Waals surface area contributed by atoms with E-state index in [1.165, 1.54) is 22.9 Å². The number of aryl methyl sites for hydroxylation is 3. The summed E-state index contributed by atoms with van der Waals surface area (Å²) in [6.07, 6.45) is 0. The third-order valence-electron chi connectivity index (χ3n) is 4.10. The molecule has 0 saturated heterocycles. The van der Waals surface area contributed by atoms with E-state index in [-0.39, 0.29) is 11.7 Å². The molecule has 0 saturated carbocycles. The summed E-state index contributed by atoms with van der Waals surface area (Å²) in [4.78, 5) is 12.3. The van der Waals surface area contributed by atoms with Gasteiger partial charge in [-0.1, -0.05) is 47.1 Å². The SMILES string of the molecule is Cc1ccc(-n2c(C)nnc2SCC(=O)Nc2cccc(Cl)c2Cl)cc1C. The second kappa shape index (κ2) is 8.33. The van der Waals surface area contributed by atoms with Gasteiger partial charge in [-0.15, -0.1) is 10.2 Å². The van der Waals surface area contributed by atoms with Gasteiger partial charge >= 0.3 is 0 Å². The highest BCUT2D eigenvalue weighted by molar-refractivity contribution is 7.99. The van der Waals surface area contributed by atoms with Crippen LogP contribution >= 0.6 is 35.0 Å². The Morgan fingerprint density at radius 2 is 1.89 bits per heavy atom. The van der Waals surface area contributed by atoms with Crippen molar-refractivity contribution < 1.29 is 4.79 Å². The van der Waals surface area contributed by atoms with Crippen LogP contribution in [-0.2, 0) is 4.79 Å². The van der Waals surface area contributed by atoms with Gasteiger partial charge in [0.1, 0.15) is 5.82 Å². The van der Waals surface area contributed by atoms with E-state index in [1.54, 1.807) is 18.2 Å². The molecule has 1 heterocycles. The summed E-state index contributed by atoms with van der Waals surface area (Å²) in [7, 11) is 0. The molecule has 8 heteroatoms. The molecule has 0 fully saturated rings. The van der Waals surface area contributed by atoms with Crippen LogP contribution in [0.2, 0.25) is 10.0 Å². The first kappa shape index (κ1) is 19.7. The Kier molecular flexibility index (Phi) is 6.09. The molecule has 0 aliphatic rings. The quantitative estimate of drug-likeness (QED) is 0.573.